The number of hydrogen-bond acceptors (Lipinski definition) is 5. The molecule has 0 N–H and O–H groups in total. The molecule has 0 atom stereocenters. The first kappa shape index (κ1) is 18.2. The van der Waals surface area contributed by atoms with Crippen LogP contribution < -0.4 is 4.74 Å². The molecule has 0 saturated carbocycles. The lowest BCUT2D eigenvalue weighted by atomic mass is 10.0. The van der Waals surface area contributed by atoms with Gasteiger partial charge in [0.25, 0.3) is 5.89 Å². The first-order valence-electron chi connectivity index (χ1n) is 9.11. The topological polar surface area (TPSA) is 66.0 Å². The van der Waals surface area contributed by atoms with Crippen molar-refractivity contribution in [2.45, 2.75) is 26.7 Å². The molecule has 144 valence electrons. The van der Waals surface area contributed by atoms with Crippen LogP contribution in [0, 0.1) is 12.7 Å². The van der Waals surface area contributed by atoms with Crippen molar-refractivity contribution in [3.05, 3.63) is 59.0 Å². The summed E-state index contributed by atoms with van der Waals surface area (Å²) in [6.45, 7) is 4.06. The van der Waals surface area contributed by atoms with E-state index in [4.69, 9.17) is 9.15 Å². The van der Waals surface area contributed by atoms with Gasteiger partial charge in [0.1, 0.15) is 17.2 Å². The van der Waals surface area contributed by atoms with Crippen molar-refractivity contribution < 1.29 is 13.5 Å². The van der Waals surface area contributed by atoms with Crippen molar-refractivity contribution in [1.82, 2.24) is 19.7 Å². The summed E-state index contributed by atoms with van der Waals surface area (Å²) in [6, 6.07) is 8.27. The summed E-state index contributed by atoms with van der Waals surface area (Å²) in [6.07, 6.45) is 1.27. The van der Waals surface area contributed by atoms with E-state index in [0.717, 1.165) is 40.0 Å². The number of halogens is 1. The van der Waals surface area contributed by atoms with E-state index in [0.29, 0.717) is 24.0 Å². The van der Waals surface area contributed by atoms with Gasteiger partial charge in [0.05, 0.1) is 24.6 Å². The Labute approximate surface area is 162 Å². The van der Waals surface area contributed by atoms with Gasteiger partial charge in [-0.1, -0.05) is 19.1 Å². The fourth-order valence-corrected chi connectivity index (χ4v) is 3.42. The minimum atomic E-state index is -0.272. The molecule has 2 heterocycles. The molecule has 0 aliphatic carbocycles. The van der Waals surface area contributed by atoms with Crippen molar-refractivity contribution >= 4 is 11.0 Å². The fourth-order valence-electron chi connectivity index (χ4n) is 3.42. The highest BCUT2D eigenvalue weighted by molar-refractivity contribution is 5.92. The van der Waals surface area contributed by atoms with Gasteiger partial charge < -0.3 is 13.7 Å². The SMILES string of the molecule is CCc1cc(-c2nnc(Cc3ccc(F)cc3)o2)c(OC)c2nc(C)n(C)c12. The van der Waals surface area contributed by atoms with Gasteiger partial charge in [0.2, 0.25) is 5.89 Å². The number of imidazole rings is 1. The second kappa shape index (κ2) is 7.07. The van der Waals surface area contributed by atoms with E-state index in [1.54, 1.807) is 19.2 Å². The average molecular weight is 380 g/mol. The number of rotatable bonds is 5. The molecule has 0 bridgehead atoms. The number of aromatic nitrogens is 4. The van der Waals surface area contributed by atoms with Gasteiger partial charge in [-0.3, -0.25) is 0 Å². The summed E-state index contributed by atoms with van der Waals surface area (Å²) < 4.78 is 26.7. The molecule has 6 nitrogen and oxygen atoms in total. The molecule has 0 spiro atoms. The minimum absolute atomic E-state index is 0.272. The van der Waals surface area contributed by atoms with Crippen LogP contribution in [0.4, 0.5) is 4.39 Å². The highest BCUT2D eigenvalue weighted by Gasteiger charge is 2.22. The molecular weight excluding hydrogens is 359 g/mol. The molecule has 4 aromatic rings. The number of fused-ring (bicyclic) bond motifs is 1. The van der Waals surface area contributed by atoms with Gasteiger partial charge in [0.15, 0.2) is 5.75 Å². The lowest BCUT2D eigenvalue weighted by Gasteiger charge is -2.10. The first-order chi connectivity index (χ1) is 13.5. The lowest BCUT2D eigenvalue weighted by Crippen LogP contribution is -1.97. The van der Waals surface area contributed by atoms with Crippen molar-refractivity contribution in [2.24, 2.45) is 7.05 Å². The normalized spacial score (nSPS) is 11.3. The summed E-state index contributed by atoms with van der Waals surface area (Å²) >= 11 is 0. The maximum Gasteiger partial charge on any atom is 0.251 e. The third-order valence-corrected chi connectivity index (χ3v) is 4.95. The zero-order valence-electron chi connectivity index (χ0n) is 16.3. The number of nitrogens with zero attached hydrogens (tertiary/aromatic N) is 4. The third kappa shape index (κ3) is 3.02. The van der Waals surface area contributed by atoms with Gasteiger partial charge in [-0.05, 0) is 42.7 Å². The second-order valence-corrected chi connectivity index (χ2v) is 6.69. The van der Waals surface area contributed by atoms with Crippen LogP contribution >= 0.6 is 0 Å². The summed E-state index contributed by atoms with van der Waals surface area (Å²) in [4.78, 5) is 4.67. The molecule has 7 heteroatoms. The van der Waals surface area contributed by atoms with Crippen molar-refractivity contribution in [1.29, 1.82) is 0 Å². The highest BCUT2D eigenvalue weighted by atomic mass is 19.1. The average Bonchev–Trinajstić information content (AvgIpc) is 3.27. The zero-order chi connectivity index (χ0) is 19.8. The van der Waals surface area contributed by atoms with Crippen LogP contribution in [0.15, 0.2) is 34.7 Å². The Morgan fingerprint density at radius 2 is 1.93 bits per heavy atom. The Kier molecular flexibility index (Phi) is 4.58. The van der Waals surface area contributed by atoms with E-state index in [9.17, 15) is 4.39 Å². The minimum Gasteiger partial charge on any atom is -0.494 e. The van der Waals surface area contributed by atoms with Crippen LogP contribution in [0.2, 0.25) is 0 Å². The molecule has 0 aliphatic rings. The Bertz CT molecular complexity index is 1150. The zero-order valence-corrected chi connectivity index (χ0v) is 16.3. The fraction of sp³-hybridized carbons (Fsp3) is 0.286. The van der Waals surface area contributed by atoms with Gasteiger partial charge in [-0.2, -0.15) is 0 Å². The van der Waals surface area contributed by atoms with E-state index < -0.39 is 0 Å². The Balaban J connectivity index is 1.79. The Hall–Kier alpha value is -3.22. The van der Waals surface area contributed by atoms with Crippen molar-refractivity contribution in [2.75, 3.05) is 7.11 Å². The quantitative estimate of drug-likeness (QED) is 0.518. The number of benzene rings is 2. The van der Waals surface area contributed by atoms with E-state index in [2.05, 4.69) is 26.7 Å². The summed E-state index contributed by atoms with van der Waals surface area (Å²) in [5, 5.41) is 8.37. The molecular formula is C21H21FN4O2. The van der Waals surface area contributed by atoms with E-state index in [1.165, 1.54) is 12.1 Å². The predicted octanol–water partition coefficient (Wildman–Crippen LogP) is 4.23. The molecule has 0 unspecified atom stereocenters. The molecule has 0 aliphatic heterocycles. The number of hydrogen-bond donors (Lipinski definition) is 0. The smallest absolute Gasteiger partial charge is 0.251 e. The van der Waals surface area contributed by atoms with Crippen LogP contribution in [-0.4, -0.2) is 26.9 Å². The maximum absolute atomic E-state index is 13.1. The monoisotopic (exact) mass is 380 g/mol. The van der Waals surface area contributed by atoms with Crippen LogP contribution in [0.3, 0.4) is 0 Å². The van der Waals surface area contributed by atoms with Gasteiger partial charge in [0, 0.05) is 7.05 Å². The number of methoxy groups -OCH3 is 1. The second-order valence-electron chi connectivity index (χ2n) is 6.69. The van der Waals surface area contributed by atoms with Gasteiger partial charge in [-0.15, -0.1) is 10.2 Å². The van der Waals surface area contributed by atoms with E-state index in [-0.39, 0.29) is 5.82 Å². The van der Waals surface area contributed by atoms with E-state index in [1.807, 2.05) is 20.0 Å². The van der Waals surface area contributed by atoms with Crippen LogP contribution in [0.5, 0.6) is 5.75 Å². The number of ether oxygens (including phenoxy) is 1. The molecule has 28 heavy (non-hydrogen) atoms. The highest BCUT2D eigenvalue weighted by Crippen LogP contribution is 2.38. The predicted molar refractivity (Wildman–Crippen MR) is 104 cm³/mol. The molecule has 0 fully saturated rings. The van der Waals surface area contributed by atoms with Crippen molar-refractivity contribution in [3.63, 3.8) is 0 Å². The van der Waals surface area contributed by atoms with Crippen LogP contribution in [-0.2, 0) is 19.9 Å². The molecule has 0 radical (unpaired) electrons. The molecule has 0 saturated heterocycles. The lowest BCUT2D eigenvalue weighted by molar-refractivity contribution is 0.417. The maximum atomic E-state index is 13.1. The van der Waals surface area contributed by atoms with E-state index >= 15 is 0 Å². The largest absolute Gasteiger partial charge is 0.494 e. The summed E-state index contributed by atoms with van der Waals surface area (Å²) in [5.41, 5.74) is 4.59. The molecule has 2 aromatic carbocycles. The first-order valence-corrected chi connectivity index (χ1v) is 9.11. The van der Waals surface area contributed by atoms with Crippen molar-refractivity contribution in [3.8, 4) is 17.2 Å². The third-order valence-electron chi connectivity index (χ3n) is 4.95. The summed E-state index contributed by atoms with van der Waals surface area (Å²) in [7, 11) is 3.61. The standard InChI is InChI=1S/C21H21FN4O2/c1-5-14-11-16(20(27-4)18-19(14)26(3)12(2)23-18)21-25-24-17(28-21)10-13-6-8-15(22)9-7-13/h6-9,11H,5,10H2,1-4H3. The Morgan fingerprint density at radius 3 is 2.61 bits per heavy atom. The molecule has 4 rings (SSSR count). The Morgan fingerprint density at radius 1 is 1.18 bits per heavy atom. The van der Waals surface area contributed by atoms with Gasteiger partial charge in [-0.25, -0.2) is 9.37 Å². The van der Waals surface area contributed by atoms with Crippen LogP contribution in [0.25, 0.3) is 22.5 Å². The molecule has 0 amide bonds. The molecule has 2 aromatic heterocycles. The number of aryl methyl sites for hydroxylation is 3. The van der Waals surface area contributed by atoms with Gasteiger partial charge >= 0.3 is 0 Å². The summed E-state index contributed by atoms with van der Waals surface area (Å²) in [5.74, 6) is 2.09. The van der Waals surface area contributed by atoms with Crippen LogP contribution in [0.1, 0.15) is 29.8 Å².